The van der Waals surface area contributed by atoms with E-state index in [4.69, 9.17) is 4.74 Å². The van der Waals surface area contributed by atoms with Crippen LogP contribution >= 0.6 is 0 Å². The number of hydrogen-bond acceptors (Lipinski definition) is 7. The first-order valence-electron chi connectivity index (χ1n) is 9.56. The molecular formula is C22H23N3O6. The third-order valence-electron chi connectivity index (χ3n) is 5.09. The second kappa shape index (κ2) is 8.97. The zero-order chi connectivity index (χ0) is 22.7. The monoisotopic (exact) mass is 425 g/mol. The van der Waals surface area contributed by atoms with Gasteiger partial charge in [-0.25, -0.2) is 0 Å². The summed E-state index contributed by atoms with van der Waals surface area (Å²) in [5, 5.41) is 22.0. The van der Waals surface area contributed by atoms with E-state index in [9.17, 15) is 24.8 Å². The van der Waals surface area contributed by atoms with Crippen LogP contribution in [0.1, 0.15) is 17.2 Å². The zero-order valence-electron chi connectivity index (χ0n) is 17.4. The Balaban J connectivity index is 2.15. The van der Waals surface area contributed by atoms with Crippen molar-refractivity contribution in [1.82, 2.24) is 9.80 Å². The maximum absolute atomic E-state index is 12.9. The molecule has 9 heteroatoms. The van der Waals surface area contributed by atoms with Gasteiger partial charge in [0.2, 0.25) is 0 Å². The number of ketones is 1. The average molecular weight is 425 g/mol. The highest BCUT2D eigenvalue weighted by atomic mass is 16.6. The van der Waals surface area contributed by atoms with Gasteiger partial charge in [-0.2, -0.15) is 0 Å². The van der Waals surface area contributed by atoms with E-state index in [0.717, 1.165) is 0 Å². The Morgan fingerprint density at radius 1 is 1.19 bits per heavy atom. The van der Waals surface area contributed by atoms with Crippen molar-refractivity contribution in [2.24, 2.45) is 0 Å². The lowest BCUT2D eigenvalue weighted by Gasteiger charge is -2.26. The normalized spacial score (nSPS) is 17.9. The van der Waals surface area contributed by atoms with Crippen molar-refractivity contribution in [2.75, 3.05) is 34.3 Å². The smallest absolute Gasteiger partial charge is 0.295 e. The van der Waals surface area contributed by atoms with E-state index >= 15 is 0 Å². The Morgan fingerprint density at radius 2 is 1.87 bits per heavy atom. The van der Waals surface area contributed by atoms with Gasteiger partial charge in [-0.1, -0.05) is 12.1 Å². The number of nitro groups is 1. The number of aliphatic hydroxyl groups is 1. The number of aliphatic hydroxyl groups excluding tert-OH is 1. The maximum Gasteiger partial charge on any atom is 0.295 e. The highest BCUT2D eigenvalue weighted by Crippen LogP contribution is 2.40. The Kier molecular flexibility index (Phi) is 6.36. The number of nitrogens with zero attached hydrogens (tertiary/aromatic N) is 3. The molecule has 9 nitrogen and oxygen atoms in total. The molecule has 1 amide bonds. The van der Waals surface area contributed by atoms with Crippen LogP contribution in [0.2, 0.25) is 0 Å². The second-order valence-electron chi connectivity index (χ2n) is 7.38. The standard InChI is InChI=1S/C22H23N3O6/c1-23(2)11-12-24-19(14-7-9-16(10-8-14)25(29)30)18(21(27)22(24)28)20(26)15-5-4-6-17(13-15)31-3/h4-10,13,19,26H,11-12H2,1-3H3/t19-/m0/s1. The molecular weight excluding hydrogens is 402 g/mol. The molecule has 2 aromatic carbocycles. The van der Waals surface area contributed by atoms with Crippen molar-refractivity contribution in [3.05, 3.63) is 75.3 Å². The van der Waals surface area contributed by atoms with Crippen LogP contribution in [-0.2, 0) is 9.59 Å². The molecule has 1 atom stereocenters. The van der Waals surface area contributed by atoms with Crippen LogP contribution in [0, 0.1) is 10.1 Å². The Morgan fingerprint density at radius 3 is 2.45 bits per heavy atom. The van der Waals surface area contributed by atoms with Gasteiger partial charge in [-0.3, -0.25) is 19.7 Å². The molecule has 0 aliphatic carbocycles. The Labute approximate surface area is 179 Å². The minimum Gasteiger partial charge on any atom is -0.507 e. The summed E-state index contributed by atoms with van der Waals surface area (Å²) in [6.45, 7) is 0.740. The largest absolute Gasteiger partial charge is 0.507 e. The van der Waals surface area contributed by atoms with Gasteiger partial charge in [-0.05, 0) is 43.9 Å². The number of likely N-dealkylation sites (N-methyl/N-ethyl adjacent to an activating group) is 1. The van der Waals surface area contributed by atoms with Gasteiger partial charge in [0.1, 0.15) is 11.5 Å². The fraction of sp³-hybridized carbons (Fsp3) is 0.273. The molecule has 1 aliphatic heterocycles. The number of rotatable bonds is 7. The molecule has 1 N–H and O–H groups in total. The van der Waals surface area contributed by atoms with Gasteiger partial charge in [0, 0.05) is 30.8 Å². The summed E-state index contributed by atoms with van der Waals surface area (Å²) in [6.07, 6.45) is 0. The lowest BCUT2D eigenvalue weighted by Crippen LogP contribution is -2.35. The molecule has 1 fully saturated rings. The number of benzene rings is 2. The van der Waals surface area contributed by atoms with E-state index in [1.807, 2.05) is 19.0 Å². The fourth-order valence-electron chi connectivity index (χ4n) is 3.47. The maximum atomic E-state index is 12.9. The van der Waals surface area contributed by atoms with Gasteiger partial charge < -0.3 is 19.6 Å². The number of ether oxygens (including phenoxy) is 1. The predicted octanol–water partition coefficient (Wildman–Crippen LogP) is 2.59. The number of likely N-dealkylation sites (tertiary alicyclic amines) is 1. The van der Waals surface area contributed by atoms with Gasteiger partial charge in [0.25, 0.3) is 17.4 Å². The number of non-ortho nitro benzene ring substituents is 1. The van der Waals surface area contributed by atoms with Crippen LogP contribution in [0.15, 0.2) is 54.1 Å². The average Bonchev–Trinajstić information content (AvgIpc) is 3.01. The summed E-state index contributed by atoms with van der Waals surface area (Å²) in [5.41, 5.74) is 0.650. The lowest BCUT2D eigenvalue weighted by atomic mass is 9.95. The SMILES string of the molecule is COc1cccc(C(O)=C2C(=O)C(=O)N(CCN(C)C)[C@H]2c2ccc([N+](=O)[O-])cc2)c1. The Bertz CT molecular complexity index is 1050. The summed E-state index contributed by atoms with van der Waals surface area (Å²) in [6, 6.07) is 11.3. The van der Waals surface area contributed by atoms with E-state index in [1.165, 1.54) is 36.3 Å². The second-order valence-corrected chi connectivity index (χ2v) is 7.38. The van der Waals surface area contributed by atoms with Crippen LogP contribution in [0.3, 0.4) is 0 Å². The van der Waals surface area contributed by atoms with E-state index in [0.29, 0.717) is 23.4 Å². The van der Waals surface area contributed by atoms with Crippen LogP contribution in [0.25, 0.3) is 5.76 Å². The highest BCUT2D eigenvalue weighted by molar-refractivity contribution is 6.46. The van der Waals surface area contributed by atoms with Crippen molar-refractivity contribution in [1.29, 1.82) is 0 Å². The first-order chi connectivity index (χ1) is 14.7. The summed E-state index contributed by atoms with van der Waals surface area (Å²) in [7, 11) is 5.16. The van der Waals surface area contributed by atoms with Gasteiger partial charge in [0.05, 0.1) is 23.6 Å². The number of nitro benzene ring substituents is 1. The third kappa shape index (κ3) is 4.41. The summed E-state index contributed by atoms with van der Waals surface area (Å²) >= 11 is 0. The lowest BCUT2D eigenvalue weighted by molar-refractivity contribution is -0.384. The molecule has 0 bridgehead atoms. The van der Waals surface area contributed by atoms with Crippen LogP contribution < -0.4 is 4.74 Å². The highest BCUT2D eigenvalue weighted by Gasteiger charge is 2.46. The van der Waals surface area contributed by atoms with Crippen molar-refractivity contribution in [3.63, 3.8) is 0 Å². The number of carbonyl (C=O) groups excluding carboxylic acids is 2. The number of Topliss-reactive ketones (excluding diaryl/α,β-unsaturated/α-hetero) is 1. The molecule has 0 aromatic heterocycles. The number of carbonyl (C=O) groups is 2. The van der Waals surface area contributed by atoms with Crippen LogP contribution in [0.5, 0.6) is 5.75 Å². The molecule has 1 heterocycles. The Hall–Kier alpha value is -3.72. The van der Waals surface area contributed by atoms with Crippen LogP contribution in [0.4, 0.5) is 5.69 Å². The van der Waals surface area contributed by atoms with E-state index < -0.39 is 22.7 Å². The third-order valence-corrected chi connectivity index (χ3v) is 5.09. The molecule has 0 unspecified atom stereocenters. The number of methoxy groups -OCH3 is 1. The molecule has 1 saturated heterocycles. The van der Waals surface area contributed by atoms with Crippen molar-refractivity contribution in [2.45, 2.75) is 6.04 Å². The first kappa shape index (κ1) is 22.0. The van der Waals surface area contributed by atoms with Crippen LogP contribution in [-0.4, -0.2) is 65.8 Å². The number of amides is 1. The van der Waals surface area contributed by atoms with Crippen molar-refractivity contribution >= 4 is 23.1 Å². The molecule has 31 heavy (non-hydrogen) atoms. The van der Waals surface area contributed by atoms with Gasteiger partial charge >= 0.3 is 0 Å². The van der Waals surface area contributed by atoms with E-state index in [-0.39, 0.29) is 23.6 Å². The zero-order valence-corrected chi connectivity index (χ0v) is 17.4. The topological polar surface area (TPSA) is 113 Å². The summed E-state index contributed by atoms with van der Waals surface area (Å²) in [4.78, 5) is 39.5. The van der Waals surface area contributed by atoms with Crippen molar-refractivity contribution in [3.8, 4) is 5.75 Å². The quantitative estimate of drug-likeness (QED) is 0.238. The van der Waals surface area contributed by atoms with Crippen molar-refractivity contribution < 1.29 is 24.4 Å². The molecule has 2 aromatic rings. The predicted molar refractivity (Wildman–Crippen MR) is 114 cm³/mol. The molecule has 0 spiro atoms. The van der Waals surface area contributed by atoms with E-state index in [2.05, 4.69) is 0 Å². The first-order valence-corrected chi connectivity index (χ1v) is 9.56. The molecule has 0 saturated carbocycles. The fourth-order valence-corrected chi connectivity index (χ4v) is 3.47. The molecule has 162 valence electrons. The summed E-state index contributed by atoms with van der Waals surface area (Å²) < 4.78 is 5.18. The molecule has 3 rings (SSSR count). The minimum atomic E-state index is -0.869. The summed E-state index contributed by atoms with van der Waals surface area (Å²) in [5.74, 6) is -1.37. The number of hydrogen-bond donors (Lipinski definition) is 1. The molecule has 0 radical (unpaired) electrons. The minimum absolute atomic E-state index is 0.0640. The van der Waals surface area contributed by atoms with Gasteiger partial charge in [0.15, 0.2) is 0 Å². The van der Waals surface area contributed by atoms with E-state index in [1.54, 1.807) is 24.3 Å². The molecule has 1 aliphatic rings. The van der Waals surface area contributed by atoms with Gasteiger partial charge in [-0.15, -0.1) is 0 Å².